The quantitative estimate of drug-likeness (QED) is 0.575. The molecule has 72 valence electrons. The summed E-state index contributed by atoms with van der Waals surface area (Å²) < 4.78 is 15.1. The Morgan fingerprint density at radius 2 is 2.00 bits per heavy atom. The molecule has 0 atom stereocenters. The van der Waals surface area contributed by atoms with E-state index in [-0.39, 0.29) is 11.7 Å². The molecule has 0 aromatic heterocycles. The monoisotopic (exact) mass is 303 g/mol. The first-order valence-corrected chi connectivity index (χ1v) is 4.88. The minimum atomic E-state index is -0.324. The Balaban J connectivity index is 2.87. The van der Waals surface area contributed by atoms with Crippen molar-refractivity contribution in [3.05, 3.63) is 30.1 Å². The Labute approximate surface area is 95.2 Å². The van der Waals surface area contributed by atoms with Gasteiger partial charge in [-0.15, -0.1) is 0 Å². The number of amides is 1. The smallest absolute Gasteiger partial charge is 0.303 e. The molecule has 1 rings (SSSR count). The van der Waals surface area contributed by atoms with Crippen LogP contribution in [0.15, 0.2) is 24.3 Å². The summed E-state index contributed by atoms with van der Waals surface area (Å²) in [6, 6.07) is 5.66. The molecule has 0 bridgehead atoms. The third-order valence-corrected chi connectivity index (χ3v) is 1.94. The number of rotatable bonds is 1. The van der Waals surface area contributed by atoms with Crippen molar-refractivity contribution in [3.63, 3.8) is 0 Å². The van der Waals surface area contributed by atoms with Crippen LogP contribution in [-0.4, -0.2) is 13.0 Å². The molecule has 0 spiro atoms. The molecule has 0 radical (unpaired) electrons. The third kappa shape index (κ3) is 2.70. The summed E-state index contributed by atoms with van der Waals surface area (Å²) in [5.74, 6) is 1.75. The number of nitrogens with zero attached hydrogens (tertiary/aromatic N) is 1. The molecule has 0 fully saturated rings. The molecule has 0 saturated carbocycles. The van der Waals surface area contributed by atoms with Gasteiger partial charge in [0.1, 0.15) is 5.82 Å². The van der Waals surface area contributed by atoms with E-state index in [2.05, 4.69) is 9.85 Å². The average molecular weight is 303 g/mol. The average Bonchev–Trinajstić information content (AvgIpc) is 2.18. The Bertz CT molecular complexity index is 391. The number of hydrogen-bond donors (Lipinski definition) is 0. The lowest BCUT2D eigenvalue weighted by Crippen LogP contribution is -2.24. The summed E-state index contributed by atoms with van der Waals surface area (Å²) in [4.78, 5) is 12.6. The van der Waals surface area contributed by atoms with E-state index in [1.807, 2.05) is 0 Å². The maximum absolute atomic E-state index is 12.6. The second kappa shape index (κ2) is 4.96. The lowest BCUT2D eigenvalue weighted by Gasteiger charge is -2.13. The molecule has 0 saturated heterocycles. The van der Waals surface area contributed by atoms with Crippen LogP contribution in [0, 0.1) is 15.7 Å². The molecular formula is C10H7FINO. The van der Waals surface area contributed by atoms with Crippen LogP contribution in [0.2, 0.25) is 0 Å². The van der Waals surface area contributed by atoms with E-state index < -0.39 is 0 Å². The van der Waals surface area contributed by atoms with E-state index in [1.165, 1.54) is 29.2 Å². The van der Waals surface area contributed by atoms with Crippen LogP contribution < -0.4 is 4.90 Å². The minimum Gasteiger partial charge on any atom is -0.305 e. The van der Waals surface area contributed by atoms with Crippen molar-refractivity contribution in [2.45, 2.75) is 0 Å². The highest BCUT2D eigenvalue weighted by atomic mass is 127. The van der Waals surface area contributed by atoms with Gasteiger partial charge >= 0.3 is 5.91 Å². The Morgan fingerprint density at radius 1 is 1.43 bits per heavy atom. The zero-order valence-electron chi connectivity index (χ0n) is 7.42. The fourth-order valence-corrected chi connectivity index (χ4v) is 1.14. The van der Waals surface area contributed by atoms with E-state index in [0.717, 1.165) is 0 Å². The summed E-state index contributed by atoms with van der Waals surface area (Å²) in [5.41, 5.74) is 0.621. The summed E-state index contributed by atoms with van der Waals surface area (Å²) in [5, 5.41) is 0. The van der Waals surface area contributed by atoms with Crippen LogP contribution in [0.1, 0.15) is 0 Å². The van der Waals surface area contributed by atoms with E-state index in [9.17, 15) is 9.18 Å². The fourth-order valence-electron chi connectivity index (χ4n) is 0.906. The molecule has 1 aromatic rings. The van der Waals surface area contributed by atoms with Crippen LogP contribution in [-0.2, 0) is 4.79 Å². The second-order valence-electron chi connectivity index (χ2n) is 2.56. The summed E-state index contributed by atoms with van der Waals surface area (Å²) in [6.07, 6.45) is 0. The van der Waals surface area contributed by atoms with Gasteiger partial charge in [-0.05, 0) is 28.2 Å². The molecular weight excluding hydrogens is 296 g/mol. The Kier molecular flexibility index (Phi) is 3.89. The molecule has 2 nitrogen and oxygen atoms in total. The van der Waals surface area contributed by atoms with Gasteiger partial charge in [-0.1, -0.05) is 0 Å². The van der Waals surface area contributed by atoms with E-state index >= 15 is 0 Å². The van der Waals surface area contributed by atoms with Gasteiger partial charge in [0.05, 0.1) is 0 Å². The SMILES string of the molecule is CN(C(=O)C#CI)c1ccc(F)cc1. The number of carbonyl (C=O) groups is 1. The largest absolute Gasteiger partial charge is 0.305 e. The van der Waals surface area contributed by atoms with Gasteiger partial charge in [0.15, 0.2) is 0 Å². The highest BCUT2D eigenvalue weighted by molar-refractivity contribution is 14.1. The normalized spacial score (nSPS) is 8.79. The maximum atomic E-state index is 12.6. The first kappa shape index (κ1) is 11.0. The van der Waals surface area contributed by atoms with Crippen LogP contribution in [0.5, 0.6) is 0 Å². The van der Waals surface area contributed by atoms with Crippen molar-refractivity contribution < 1.29 is 9.18 Å². The molecule has 0 heterocycles. The Morgan fingerprint density at radius 3 is 2.50 bits per heavy atom. The van der Waals surface area contributed by atoms with Crippen LogP contribution in [0.25, 0.3) is 0 Å². The highest BCUT2D eigenvalue weighted by Crippen LogP contribution is 2.12. The Hall–Kier alpha value is -1.09. The van der Waals surface area contributed by atoms with Crippen LogP contribution in [0.4, 0.5) is 10.1 Å². The van der Waals surface area contributed by atoms with Crippen LogP contribution in [0.3, 0.4) is 0 Å². The van der Waals surface area contributed by atoms with E-state index in [4.69, 9.17) is 0 Å². The number of carbonyl (C=O) groups excluding carboxylic acids is 1. The van der Waals surface area contributed by atoms with Crippen molar-refractivity contribution in [1.82, 2.24) is 0 Å². The zero-order chi connectivity index (χ0) is 10.6. The van der Waals surface area contributed by atoms with Gasteiger partial charge in [0.2, 0.25) is 0 Å². The second-order valence-corrected chi connectivity index (χ2v) is 3.10. The van der Waals surface area contributed by atoms with Gasteiger partial charge in [0, 0.05) is 41.2 Å². The standard InChI is InChI=1S/C10H7FINO/c1-13(10(14)6-7-12)9-4-2-8(11)3-5-9/h2-5H,1H3. The molecule has 4 heteroatoms. The van der Waals surface area contributed by atoms with Gasteiger partial charge in [-0.25, -0.2) is 4.39 Å². The van der Waals surface area contributed by atoms with Crippen molar-refractivity contribution in [2.75, 3.05) is 11.9 Å². The molecule has 0 aliphatic carbocycles. The van der Waals surface area contributed by atoms with Gasteiger partial charge in [-0.3, -0.25) is 4.79 Å². The van der Waals surface area contributed by atoms with Crippen molar-refractivity contribution in [3.8, 4) is 9.85 Å². The molecule has 14 heavy (non-hydrogen) atoms. The van der Waals surface area contributed by atoms with Gasteiger partial charge in [-0.2, -0.15) is 0 Å². The molecule has 0 N–H and O–H groups in total. The highest BCUT2D eigenvalue weighted by Gasteiger charge is 2.07. The predicted molar refractivity (Wildman–Crippen MR) is 61.6 cm³/mol. The number of anilines is 1. The molecule has 0 unspecified atom stereocenters. The predicted octanol–water partition coefficient (Wildman–Crippen LogP) is 2.18. The lowest BCUT2D eigenvalue weighted by molar-refractivity contribution is -0.113. The zero-order valence-corrected chi connectivity index (χ0v) is 9.58. The van der Waals surface area contributed by atoms with Crippen molar-refractivity contribution in [2.24, 2.45) is 0 Å². The first-order chi connectivity index (χ1) is 6.65. The number of benzene rings is 1. The van der Waals surface area contributed by atoms with Gasteiger partial charge in [0.25, 0.3) is 0 Å². The number of hydrogen-bond acceptors (Lipinski definition) is 1. The molecule has 0 aliphatic heterocycles. The van der Waals surface area contributed by atoms with Crippen LogP contribution >= 0.6 is 22.6 Å². The molecule has 1 aromatic carbocycles. The summed E-state index contributed by atoms with van der Waals surface area (Å²) in [6.45, 7) is 0. The fraction of sp³-hybridized carbons (Fsp3) is 0.100. The minimum absolute atomic E-state index is 0.314. The van der Waals surface area contributed by atoms with E-state index in [0.29, 0.717) is 5.69 Å². The van der Waals surface area contributed by atoms with E-state index in [1.54, 1.807) is 29.6 Å². The maximum Gasteiger partial charge on any atom is 0.303 e. The lowest BCUT2D eigenvalue weighted by atomic mass is 10.3. The summed E-state index contributed by atoms with van der Waals surface area (Å²) in [7, 11) is 1.59. The first-order valence-electron chi connectivity index (χ1n) is 3.80. The number of halogens is 2. The van der Waals surface area contributed by atoms with Gasteiger partial charge < -0.3 is 4.90 Å². The molecule has 0 aliphatic rings. The van der Waals surface area contributed by atoms with Crippen molar-refractivity contribution >= 4 is 34.2 Å². The summed E-state index contributed by atoms with van der Waals surface area (Å²) >= 11 is 1.79. The third-order valence-electron chi connectivity index (χ3n) is 1.67. The van der Waals surface area contributed by atoms with Crippen molar-refractivity contribution in [1.29, 1.82) is 0 Å². The topological polar surface area (TPSA) is 20.3 Å². The molecule has 1 amide bonds.